The van der Waals surface area contributed by atoms with Crippen LogP contribution in [0.15, 0.2) is 34.2 Å². The molecule has 8 heteroatoms. The van der Waals surface area contributed by atoms with E-state index in [1.54, 1.807) is 12.1 Å². The molecule has 0 unspecified atom stereocenters. The van der Waals surface area contributed by atoms with Gasteiger partial charge in [0.15, 0.2) is 5.96 Å². The Morgan fingerprint density at radius 1 is 1.18 bits per heavy atom. The summed E-state index contributed by atoms with van der Waals surface area (Å²) in [7, 11) is -3.64. The third kappa shape index (κ3) is 8.54. The van der Waals surface area contributed by atoms with Crippen LogP contribution in [0.25, 0.3) is 0 Å². The van der Waals surface area contributed by atoms with E-state index in [1.165, 1.54) is 31.4 Å². The highest BCUT2D eigenvalue weighted by atomic mass is 127. The third-order valence-electron chi connectivity index (χ3n) is 3.02. The van der Waals surface area contributed by atoms with Gasteiger partial charge in [0.25, 0.3) is 0 Å². The normalized spacial score (nSPS) is 11.8. The van der Waals surface area contributed by atoms with E-state index in [0.29, 0.717) is 12.5 Å². The van der Waals surface area contributed by atoms with Gasteiger partial charge in [-0.1, -0.05) is 38.3 Å². The Kier molecular flexibility index (Phi) is 10.4. The molecule has 0 aliphatic rings. The SMILES string of the molecule is CCCCCCNC(N)=NCc1ccc(S(N)(=O)=O)cc1.I. The summed E-state index contributed by atoms with van der Waals surface area (Å²) in [6, 6.07) is 6.29. The molecule has 5 N–H and O–H groups in total. The maximum absolute atomic E-state index is 11.1. The Balaban J connectivity index is 0.00000441. The molecule has 0 aliphatic carbocycles. The summed E-state index contributed by atoms with van der Waals surface area (Å²) < 4.78 is 22.2. The maximum atomic E-state index is 11.1. The van der Waals surface area contributed by atoms with Crippen LogP contribution in [-0.2, 0) is 16.6 Å². The van der Waals surface area contributed by atoms with Gasteiger partial charge in [-0.2, -0.15) is 0 Å². The van der Waals surface area contributed by atoms with Crippen molar-refractivity contribution < 1.29 is 8.42 Å². The van der Waals surface area contributed by atoms with E-state index in [2.05, 4.69) is 17.2 Å². The summed E-state index contributed by atoms with van der Waals surface area (Å²) in [4.78, 5) is 4.30. The third-order valence-corrected chi connectivity index (χ3v) is 3.95. The molecule has 0 amide bonds. The zero-order valence-electron chi connectivity index (χ0n) is 12.8. The summed E-state index contributed by atoms with van der Waals surface area (Å²) in [5, 5.41) is 8.09. The van der Waals surface area contributed by atoms with Gasteiger partial charge in [-0.3, -0.25) is 0 Å². The number of aliphatic imine (C=N–C) groups is 1. The number of halogens is 1. The molecule has 6 nitrogen and oxygen atoms in total. The number of primary sulfonamides is 1. The lowest BCUT2D eigenvalue weighted by Gasteiger charge is -2.05. The first-order valence-corrected chi connectivity index (χ1v) is 8.63. The van der Waals surface area contributed by atoms with Gasteiger partial charge >= 0.3 is 0 Å². The molecule has 1 aromatic carbocycles. The predicted octanol–water partition coefficient (Wildman–Crippen LogP) is 1.94. The Hall–Kier alpha value is -0.870. The summed E-state index contributed by atoms with van der Waals surface area (Å²) in [6.07, 6.45) is 4.70. The molecule has 0 aromatic heterocycles. The average Bonchev–Trinajstić information content (AvgIpc) is 2.44. The number of nitrogens with one attached hydrogen (secondary N) is 1. The highest BCUT2D eigenvalue weighted by Gasteiger charge is 2.06. The average molecular weight is 440 g/mol. The molecule has 0 atom stereocenters. The van der Waals surface area contributed by atoms with Gasteiger partial charge in [0.05, 0.1) is 11.4 Å². The number of unbranched alkanes of at least 4 members (excludes halogenated alkanes) is 3. The van der Waals surface area contributed by atoms with Gasteiger partial charge in [-0.15, -0.1) is 24.0 Å². The molecule has 1 rings (SSSR count). The summed E-state index contributed by atoms with van der Waals surface area (Å²) in [5.41, 5.74) is 6.63. The first kappa shape index (κ1) is 21.1. The minimum atomic E-state index is -3.64. The van der Waals surface area contributed by atoms with Gasteiger partial charge in [-0.05, 0) is 24.1 Å². The fourth-order valence-electron chi connectivity index (χ4n) is 1.79. The van der Waals surface area contributed by atoms with E-state index in [0.717, 1.165) is 18.5 Å². The highest BCUT2D eigenvalue weighted by molar-refractivity contribution is 14.0. The van der Waals surface area contributed by atoms with Crippen LogP contribution < -0.4 is 16.2 Å². The predicted molar refractivity (Wildman–Crippen MR) is 101 cm³/mol. The Morgan fingerprint density at radius 2 is 1.82 bits per heavy atom. The molecule has 1 aromatic rings. The van der Waals surface area contributed by atoms with E-state index in [9.17, 15) is 8.42 Å². The first-order chi connectivity index (χ1) is 9.93. The Morgan fingerprint density at radius 3 is 2.36 bits per heavy atom. The van der Waals surface area contributed by atoms with Gasteiger partial charge in [0, 0.05) is 6.54 Å². The van der Waals surface area contributed by atoms with E-state index in [1.807, 2.05) is 0 Å². The van der Waals surface area contributed by atoms with Gasteiger partial charge < -0.3 is 11.1 Å². The first-order valence-electron chi connectivity index (χ1n) is 7.09. The zero-order valence-corrected chi connectivity index (χ0v) is 15.9. The van der Waals surface area contributed by atoms with Crippen molar-refractivity contribution in [1.82, 2.24) is 5.32 Å². The van der Waals surface area contributed by atoms with Crippen molar-refractivity contribution in [2.24, 2.45) is 15.9 Å². The highest BCUT2D eigenvalue weighted by Crippen LogP contribution is 2.09. The van der Waals surface area contributed by atoms with Gasteiger partial charge in [0.2, 0.25) is 10.0 Å². The Labute approximate surface area is 149 Å². The topological polar surface area (TPSA) is 111 Å². The molecule has 22 heavy (non-hydrogen) atoms. The number of hydrogen-bond acceptors (Lipinski definition) is 3. The lowest BCUT2D eigenvalue weighted by atomic mass is 10.2. The lowest BCUT2D eigenvalue weighted by Crippen LogP contribution is -2.32. The van der Waals surface area contributed by atoms with Crippen molar-refractivity contribution in [2.45, 2.75) is 44.0 Å². The van der Waals surface area contributed by atoms with Crippen molar-refractivity contribution >= 4 is 40.0 Å². The molecule has 0 saturated heterocycles. The summed E-state index contributed by atoms with van der Waals surface area (Å²) >= 11 is 0. The van der Waals surface area contributed by atoms with Crippen LogP contribution in [0, 0.1) is 0 Å². The molecule has 0 bridgehead atoms. The quantitative estimate of drug-likeness (QED) is 0.248. The minimum absolute atomic E-state index is 0. The second-order valence-corrected chi connectivity index (χ2v) is 6.44. The number of hydrogen-bond donors (Lipinski definition) is 3. The molecule has 126 valence electrons. The lowest BCUT2D eigenvalue weighted by molar-refractivity contribution is 0.598. The minimum Gasteiger partial charge on any atom is -0.370 e. The van der Waals surface area contributed by atoms with E-state index in [4.69, 9.17) is 10.9 Å². The molecular formula is C14H25IN4O2S. The largest absolute Gasteiger partial charge is 0.370 e. The van der Waals surface area contributed by atoms with Crippen molar-refractivity contribution in [1.29, 1.82) is 0 Å². The number of nitrogens with two attached hydrogens (primary N) is 2. The zero-order chi connectivity index (χ0) is 15.7. The van der Waals surface area contributed by atoms with E-state index in [-0.39, 0.29) is 28.9 Å². The number of benzene rings is 1. The molecule has 0 heterocycles. The van der Waals surface area contributed by atoms with Crippen LogP contribution in [0.2, 0.25) is 0 Å². The molecule has 0 spiro atoms. The van der Waals surface area contributed by atoms with E-state index >= 15 is 0 Å². The van der Waals surface area contributed by atoms with Gasteiger partial charge in [0.1, 0.15) is 0 Å². The fraction of sp³-hybridized carbons (Fsp3) is 0.500. The second kappa shape index (κ2) is 10.8. The standard InChI is InChI=1S/C14H24N4O2S.HI/c1-2-3-4-5-10-17-14(15)18-11-12-6-8-13(9-7-12)21(16,19)20;/h6-9H,2-5,10-11H2,1H3,(H3,15,17,18)(H2,16,19,20);1H. The molecule has 0 aliphatic heterocycles. The van der Waals surface area contributed by atoms with Crippen LogP contribution in [0.5, 0.6) is 0 Å². The molecule has 0 fully saturated rings. The number of guanidine groups is 1. The van der Waals surface area contributed by atoms with Crippen molar-refractivity contribution in [3.8, 4) is 0 Å². The summed E-state index contributed by atoms with van der Waals surface area (Å²) in [5.74, 6) is 0.405. The molecular weight excluding hydrogens is 415 g/mol. The van der Waals surface area contributed by atoms with Crippen molar-refractivity contribution in [2.75, 3.05) is 6.54 Å². The summed E-state index contributed by atoms with van der Waals surface area (Å²) in [6.45, 7) is 3.39. The monoisotopic (exact) mass is 440 g/mol. The Bertz CT molecular complexity index is 559. The van der Waals surface area contributed by atoms with Crippen LogP contribution >= 0.6 is 24.0 Å². The van der Waals surface area contributed by atoms with Crippen LogP contribution in [0.1, 0.15) is 38.2 Å². The van der Waals surface area contributed by atoms with Crippen molar-refractivity contribution in [3.05, 3.63) is 29.8 Å². The number of sulfonamides is 1. The smallest absolute Gasteiger partial charge is 0.238 e. The number of nitrogens with zero attached hydrogens (tertiary/aromatic N) is 1. The number of rotatable bonds is 8. The van der Waals surface area contributed by atoms with Crippen molar-refractivity contribution in [3.63, 3.8) is 0 Å². The molecule has 0 saturated carbocycles. The fourth-order valence-corrected chi connectivity index (χ4v) is 2.30. The van der Waals surface area contributed by atoms with E-state index < -0.39 is 10.0 Å². The maximum Gasteiger partial charge on any atom is 0.238 e. The van der Waals surface area contributed by atoms with Crippen LogP contribution in [0.4, 0.5) is 0 Å². The van der Waals surface area contributed by atoms with Crippen LogP contribution in [-0.4, -0.2) is 20.9 Å². The second-order valence-electron chi connectivity index (χ2n) is 4.88. The van der Waals surface area contributed by atoms with Gasteiger partial charge in [-0.25, -0.2) is 18.5 Å². The molecule has 0 radical (unpaired) electrons. The van der Waals surface area contributed by atoms with Crippen LogP contribution in [0.3, 0.4) is 0 Å².